The average Bonchev–Trinajstić information content (AvgIpc) is 2.76. The van der Waals surface area contributed by atoms with Crippen LogP contribution in [-0.2, 0) is 15.7 Å². The summed E-state index contributed by atoms with van der Waals surface area (Å²) in [5.41, 5.74) is 8.93. The zero-order valence-corrected chi connectivity index (χ0v) is 25.3. The number of nitrogen functional groups attached to an aromatic ring is 1. The van der Waals surface area contributed by atoms with E-state index >= 15 is 4.39 Å². The maximum atomic E-state index is 15.0. The van der Waals surface area contributed by atoms with Gasteiger partial charge in [-0.05, 0) is 63.0 Å². The molecule has 0 radical (unpaired) electrons. The fraction of sp³-hybridized carbons (Fsp3) is 0.552. The highest BCUT2D eigenvalue weighted by molar-refractivity contribution is 6.74. The minimum atomic E-state index is -2.26. The smallest absolute Gasteiger partial charge is 0.410 e. The van der Waals surface area contributed by atoms with E-state index in [1.54, 1.807) is 7.05 Å². The van der Waals surface area contributed by atoms with Gasteiger partial charge in [0.2, 0.25) is 0 Å². The number of amides is 1. The van der Waals surface area contributed by atoms with E-state index in [1.165, 1.54) is 17.0 Å². The van der Waals surface area contributed by atoms with Crippen LogP contribution in [0.4, 0.5) is 20.6 Å². The number of ether oxygens (including phenoxy) is 1. The highest BCUT2D eigenvalue weighted by atomic mass is 28.4. The highest BCUT2D eigenvalue weighted by Crippen LogP contribution is 2.43. The van der Waals surface area contributed by atoms with Gasteiger partial charge in [-0.2, -0.15) is 0 Å². The molecule has 2 aromatic rings. The average molecular weight is 532 g/mol. The van der Waals surface area contributed by atoms with Gasteiger partial charge in [0.15, 0.2) is 8.32 Å². The molecule has 206 valence electrons. The Morgan fingerprint density at radius 3 is 2.19 bits per heavy atom. The molecule has 2 rings (SSSR count). The van der Waals surface area contributed by atoms with Crippen molar-refractivity contribution in [2.75, 3.05) is 31.3 Å². The number of nitrogens with zero attached hydrogens (tertiary/aromatic N) is 2. The number of carbonyl (C=O) groups is 1. The van der Waals surface area contributed by atoms with Gasteiger partial charge >= 0.3 is 6.09 Å². The molecular formula is C29H46FN3O3Si. The quantitative estimate of drug-likeness (QED) is 0.270. The number of halogens is 1. The summed E-state index contributed by atoms with van der Waals surface area (Å²) in [7, 11) is 1.34. The van der Waals surface area contributed by atoms with Crippen LogP contribution in [0.5, 0.6) is 0 Å². The van der Waals surface area contributed by atoms with Crippen LogP contribution in [0.15, 0.2) is 42.5 Å². The summed E-state index contributed by atoms with van der Waals surface area (Å²) in [6.45, 7) is 17.3. The second-order valence-electron chi connectivity index (χ2n) is 12.3. The van der Waals surface area contributed by atoms with Crippen LogP contribution in [0.3, 0.4) is 0 Å². The zero-order valence-electron chi connectivity index (χ0n) is 24.3. The van der Waals surface area contributed by atoms with Crippen LogP contribution < -0.4 is 10.6 Å². The molecule has 0 heterocycles. The maximum absolute atomic E-state index is 15.0. The summed E-state index contributed by atoms with van der Waals surface area (Å²) < 4.78 is 27.3. The van der Waals surface area contributed by atoms with E-state index in [4.69, 9.17) is 14.9 Å². The van der Waals surface area contributed by atoms with E-state index < -0.39 is 26.1 Å². The van der Waals surface area contributed by atoms with Crippen molar-refractivity contribution in [2.24, 2.45) is 0 Å². The molecule has 0 aliphatic heterocycles. The van der Waals surface area contributed by atoms with Crippen molar-refractivity contribution in [3.05, 3.63) is 59.4 Å². The second-order valence-corrected chi connectivity index (χ2v) is 17.1. The largest absolute Gasteiger partial charge is 0.444 e. The molecule has 0 aromatic heterocycles. The summed E-state index contributed by atoms with van der Waals surface area (Å²) in [6, 6.07) is 12.9. The number of anilines is 2. The van der Waals surface area contributed by atoms with Gasteiger partial charge in [-0.3, -0.25) is 0 Å². The normalized spacial score (nSPS) is 13.3. The molecule has 37 heavy (non-hydrogen) atoms. The Bertz CT molecular complexity index is 1050. The lowest BCUT2D eigenvalue weighted by atomic mass is 10.0. The van der Waals surface area contributed by atoms with Crippen LogP contribution in [-0.4, -0.2) is 45.6 Å². The highest BCUT2D eigenvalue weighted by Gasteiger charge is 2.40. The van der Waals surface area contributed by atoms with E-state index in [9.17, 15) is 4.79 Å². The fourth-order valence-corrected chi connectivity index (χ4v) is 5.01. The van der Waals surface area contributed by atoms with Gasteiger partial charge in [0.25, 0.3) is 0 Å². The van der Waals surface area contributed by atoms with Crippen molar-refractivity contribution in [3.63, 3.8) is 0 Å². The molecule has 0 fully saturated rings. The van der Waals surface area contributed by atoms with Gasteiger partial charge in [-0.15, -0.1) is 0 Å². The molecule has 0 bridgehead atoms. The van der Waals surface area contributed by atoms with E-state index in [0.717, 1.165) is 5.56 Å². The number of carbonyl (C=O) groups excluding carboxylic acids is 1. The molecule has 0 saturated heterocycles. The van der Waals surface area contributed by atoms with Gasteiger partial charge in [0.05, 0.1) is 17.5 Å². The minimum Gasteiger partial charge on any atom is -0.444 e. The molecule has 0 spiro atoms. The van der Waals surface area contributed by atoms with Gasteiger partial charge in [-0.25, -0.2) is 9.18 Å². The first-order valence-electron chi connectivity index (χ1n) is 12.9. The summed E-state index contributed by atoms with van der Waals surface area (Å²) >= 11 is 0. The maximum Gasteiger partial charge on any atom is 0.410 e. The Kier molecular flexibility index (Phi) is 9.82. The molecule has 2 N–H and O–H groups in total. The lowest BCUT2D eigenvalue weighted by Gasteiger charge is -2.40. The Morgan fingerprint density at radius 2 is 1.65 bits per heavy atom. The summed E-state index contributed by atoms with van der Waals surface area (Å²) in [5.74, 6) is -0.372. The predicted octanol–water partition coefficient (Wildman–Crippen LogP) is 7.36. The molecule has 0 aliphatic carbocycles. The molecule has 1 atom stereocenters. The summed E-state index contributed by atoms with van der Waals surface area (Å²) in [5, 5.41) is -0.0582. The molecule has 1 unspecified atom stereocenters. The van der Waals surface area contributed by atoms with Crippen molar-refractivity contribution >= 4 is 25.8 Å². The lowest BCUT2D eigenvalue weighted by molar-refractivity contribution is 0.0276. The van der Waals surface area contributed by atoms with E-state index in [1.807, 2.05) is 63.1 Å². The van der Waals surface area contributed by atoms with Gasteiger partial charge in [-0.1, -0.05) is 51.1 Å². The van der Waals surface area contributed by atoms with Crippen LogP contribution in [0.1, 0.15) is 65.2 Å². The van der Waals surface area contributed by atoms with Crippen molar-refractivity contribution in [1.82, 2.24) is 4.90 Å². The third-order valence-electron chi connectivity index (χ3n) is 6.85. The number of nitrogens with two attached hydrogens (primary N) is 1. The van der Waals surface area contributed by atoms with Crippen LogP contribution >= 0.6 is 0 Å². The molecular weight excluding hydrogens is 485 g/mol. The fourth-order valence-electron chi connectivity index (χ4n) is 3.70. The lowest BCUT2D eigenvalue weighted by Crippen LogP contribution is -2.42. The van der Waals surface area contributed by atoms with Crippen LogP contribution in [0.2, 0.25) is 18.1 Å². The third kappa shape index (κ3) is 8.74. The summed E-state index contributed by atoms with van der Waals surface area (Å²) in [4.78, 5) is 16.1. The number of hydrogen-bond donors (Lipinski definition) is 1. The first kappa shape index (κ1) is 30.6. The summed E-state index contributed by atoms with van der Waals surface area (Å²) in [6.07, 6.45) is -0.433. The van der Waals surface area contributed by atoms with E-state index in [-0.39, 0.29) is 10.9 Å². The van der Waals surface area contributed by atoms with Crippen molar-refractivity contribution in [2.45, 2.75) is 84.3 Å². The second kappa shape index (κ2) is 11.9. The van der Waals surface area contributed by atoms with E-state index in [2.05, 4.69) is 33.9 Å². The van der Waals surface area contributed by atoms with Crippen LogP contribution in [0.25, 0.3) is 0 Å². The van der Waals surface area contributed by atoms with Crippen molar-refractivity contribution in [3.8, 4) is 0 Å². The number of rotatable bonds is 9. The van der Waals surface area contributed by atoms with Crippen LogP contribution in [0, 0.1) is 5.82 Å². The Balaban J connectivity index is 2.41. The molecule has 1 amide bonds. The SMILES string of the molecule is CN(CCC(O[Si](C)(C)C(C)(C)C)c1cc(F)cc(N(C)Cc2ccccc2)c1N)C(=O)OC(C)(C)C. The topological polar surface area (TPSA) is 68.0 Å². The molecule has 0 aliphatic rings. The molecule has 2 aromatic carbocycles. The van der Waals surface area contributed by atoms with Crippen molar-refractivity contribution < 1.29 is 18.3 Å². The third-order valence-corrected chi connectivity index (χ3v) is 11.3. The number of hydrogen-bond acceptors (Lipinski definition) is 5. The Hall–Kier alpha value is -2.58. The molecule has 0 saturated carbocycles. The first-order chi connectivity index (χ1) is 16.9. The predicted molar refractivity (Wildman–Crippen MR) is 154 cm³/mol. The van der Waals surface area contributed by atoms with Gasteiger partial charge < -0.3 is 24.7 Å². The minimum absolute atomic E-state index is 0.0582. The number of benzene rings is 2. The monoisotopic (exact) mass is 531 g/mol. The standard InChI is InChI=1S/C29H46FN3O3Si/c1-28(2,3)35-27(34)32(7)17-16-25(36-37(9,10)29(4,5)6)23-18-22(30)19-24(26(23)31)33(8)20-21-14-12-11-13-15-21/h11-15,18-19,25H,16-17,20,31H2,1-10H3. The first-order valence-corrected chi connectivity index (χ1v) is 15.8. The molecule has 8 heteroatoms. The Morgan fingerprint density at radius 1 is 1.05 bits per heavy atom. The zero-order chi connectivity index (χ0) is 28.2. The van der Waals surface area contributed by atoms with E-state index in [0.29, 0.717) is 36.4 Å². The Labute approximate surface area is 224 Å². The van der Waals surface area contributed by atoms with Gasteiger partial charge in [0.1, 0.15) is 11.4 Å². The molecule has 6 nitrogen and oxygen atoms in total. The van der Waals surface area contributed by atoms with Gasteiger partial charge in [0, 0.05) is 32.7 Å². The van der Waals surface area contributed by atoms with Crippen molar-refractivity contribution in [1.29, 1.82) is 0 Å².